The second-order valence-electron chi connectivity index (χ2n) is 2.53. The van der Waals surface area contributed by atoms with Crippen LogP contribution in [0.25, 0.3) is 0 Å². The standard InChI is InChI=1S/C6H13N3O/c1-8-4-5-2-3-9(5)6(7)10/h5,8H,2-4H2,1H3,(H2,7,10). The van der Waals surface area contributed by atoms with Gasteiger partial charge in [0.15, 0.2) is 0 Å². The zero-order chi connectivity index (χ0) is 7.56. The first-order valence-electron chi connectivity index (χ1n) is 3.46. The van der Waals surface area contributed by atoms with Crippen molar-refractivity contribution in [3.63, 3.8) is 0 Å². The summed E-state index contributed by atoms with van der Waals surface area (Å²) in [4.78, 5) is 12.3. The molecule has 1 saturated heterocycles. The van der Waals surface area contributed by atoms with Crippen LogP contribution in [0.5, 0.6) is 0 Å². The predicted octanol–water partition coefficient (Wildman–Crippen LogP) is -0.641. The molecular formula is C6H13N3O. The van der Waals surface area contributed by atoms with E-state index in [-0.39, 0.29) is 6.03 Å². The van der Waals surface area contributed by atoms with Crippen molar-refractivity contribution in [2.45, 2.75) is 12.5 Å². The molecule has 3 N–H and O–H groups in total. The van der Waals surface area contributed by atoms with Gasteiger partial charge in [-0.15, -0.1) is 0 Å². The monoisotopic (exact) mass is 143 g/mol. The van der Waals surface area contributed by atoms with Crippen LogP contribution in [0.15, 0.2) is 0 Å². The number of carbonyl (C=O) groups excluding carboxylic acids is 1. The number of rotatable bonds is 2. The third-order valence-corrected chi connectivity index (χ3v) is 1.87. The van der Waals surface area contributed by atoms with Crippen LogP contribution in [0, 0.1) is 0 Å². The molecule has 0 aromatic rings. The Kier molecular flexibility index (Phi) is 2.11. The predicted molar refractivity (Wildman–Crippen MR) is 38.6 cm³/mol. The molecule has 58 valence electrons. The van der Waals surface area contributed by atoms with E-state index in [1.807, 2.05) is 7.05 Å². The van der Waals surface area contributed by atoms with Crippen molar-refractivity contribution < 1.29 is 4.79 Å². The average Bonchev–Trinajstić information content (AvgIpc) is 1.78. The van der Waals surface area contributed by atoms with Crippen LogP contribution in [-0.2, 0) is 0 Å². The molecule has 0 spiro atoms. The van der Waals surface area contributed by atoms with Gasteiger partial charge in [0.05, 0.1) is 0 Å². The SMILES string of the molecule is CNCC1CCN1C(N)=O. The first kappa shape index (κ1) is 7.34. The molecule has 1 heterocycles. The molecule has 4 heteroatoms. The molecule has 0 aliphatic carbocycles. The van der Waals surface area contributed by atoms with E-state index in [2.05, 4.69) is 5.32 Å². The fourth-order valence-corrected chi connectivity index (χ4v) is 1.18. The van der Waals surface area contributed by atoms with Gasteiger partial charge < -0.3 is 16.0 Å². The highest BCUT2D eigenvalue weighted by atomic mass is 16.2. The van der Waals surface area contributed by atoms with E-state index in [0.717, 1.165) is 19.5 Å². The van der Waals surface area contributed by atoms with E-state index in [9.17, 15) is 4.79 Å². The molecule has 0 radical (unpaired) electrons. The summed E-state index contributed by atoms with van der Waals surface area (Å²) < 4.78 is 0. The lowest BCUT2D eigenvalue weighted by Gasteiger charge is -2.39. The van der Waals surface area contributed by atoms with Crippen molar-refractivity contribution in [1.82, 2.24) is 10.2 Å². The Balaban J connectivity index is 2.28. The molecule has 0 saturated carbocycles. The Morgan fingerprint density at radius 1 is 1.90 bits per heavy atom. The lowest BCUT2D eigenvalue weighted by atomic mass is 10.0. The Hall–Kier alpha value is -0.770. The van der Waals surface area contributed by atoms with E-state index < -0.39 is 0 Å². The zero-order valence-electron chi connectivity index (χ0n) is 6.13. The molecule has 4 nitrogen and oxygen atoms in total. The largest absolute Gasteiger partial charge is 0.351 e. The van der Waals surface area contributed by atoms with E-state index in [1.165, 1.54) is 0 Å². The van der Waals surface area contributed by atoms with E-state index >= 15 is 0 Å². The second-order valence-corrected chi connectivity index (χ2v) is 2.53. The summed E-state index contributed by atoms with van der Waals surface area (Å²) in [5.41, 5.74) is 5.08. The quantitative estimate of drug-likeness (QED) is 0.540. The van der Waals surface area contributed by atoms with Crippen LogP contribution in [0.4, 0.5) is 4.79 Å². The molecule has 10 heavy (non-hydrogen) atoms. The molecule has 1 atom stereocenters. The average molecular weight is 143 g/mol. The van der Waals surface area contributed by atoms with Crippen molar-refractivity contribution >= 4 is 6.03 Å². The van der Waals surface area contributed by atoms with E-state index in [1.54, 1.807) is 4.90 Å². The highest BCUT2D eigenvalue weighted by molar-refractivity contribution is 5.73. The zero-order valence-corrected chi connectivity index (χ0v) is 6.13. The summed E-state index contributed by atoms with van der Waals surface area (Å²) in [6.45, 7) is 1.67. The summed E-state index contributed by atoms with van der Waals surface area (Å²) >= 11 is 0. The Morgan fingerprint density at radius 2 is 2.60 bits per heavy atom. The molecule has 1 rings (SSSR count). The van der Waals surface area contributed by atoms with Crippen molar-refractivity contribution in [3.8, 4) is 0 Å². The van der Waals surface area contributed by atoms with Gasteiger partial charge in [-0.2, -0.15) is 0 Å². The molecule has 1 aliphatic rings. The second kappa shape index (κ2) is 2.88. The smallest absolute Gasteiger partial charge is 0.315 e. The number of urea groups is 1. The minimum atomic E-state index is -0.300. The van der Waals surface area contributed by atoms with Crippen LogP contribution < -0.4 is 11.1 Å². The molecule has 1 aliphatic heterocycles. The molecule has 0 bridgehead atoms. The third kappa shape index (κ3) is 1.21. The Labute approximate surface area is 60.4 Å². The Morgan fingerprint density at radius 3 is 2.90 bits per heavy atom. The van der Waals surface area contributed by atoms with Gasteiger partial charge in [0.2, 0.25) is 0 Å². The van der Waals surface area contributed by atoms with Crippen LogP contribution in [0.1, 0.15) is 6.42 Å². The van der Waals surface area contributed by atoms with Crippen LogP contribution >= 0.6 is 0 Å². The molecule has 1 unspecified atom stereocenters. The van der Waals surface area contributed by atoms with Crippen LogP contribution in [0.2, 0.25) is 0 Å². The molecular weight excluding hydrogens is 130 g/mol. The number of nitrogens with zero attached hydrogens (tertiary/aromatic N) is 1. The number of primary amides is 1. The number of likely N-dealkylation sites (tertiary alicyclic amines) is 1. The van der Waals surface area contributed by atoms with Gasteiger partial charge >= 0.3 is 6.03 Å². The summed E-state index contributed by atoms with van der Waals surface area (Å²) in [6.07, 6.45) is 1.07. The van der Waals surface area contributed by atoms with Crippen LogP contribution in [-0.4, -0.2) is 37.1 Å². The van der Waals surface area contributed by atoms with Crippen molar-refractivity contribution in [2.75, 3.05) is 20.1 Å². The van der Waals surface area contributed by atoms with Crippen molar-refractivity contribution in [3.05, 3.63) is 0 Å². The third-order valence-electron chi connectivity index (χ3n) is 1.87. The van der Waals surface area contributed by atoms with E-state index in [4.69, 9.17) is 5.73 Å². The highest BCUT2D eigenvalue weighted by Crippen LogP contribution is 2.14. The molecule has 1 fully saturated rings. The number of hydrogen-bond acceptors (Lipinski definition) is 2. The summed E-state index contributed by atoms with van der Waals surface area (Å²) in [7, 11) is 1.87. The maximum absolute atomic E-state index is 10.6. The minimum Gasteiger partial charge on any atom is -0.351 e. The normalized spacial score (nSPS) is 24.1. The maximum atomic E-state index is 10.6. The number of hydrogen-bond donors (Lipinski definition) is 2. The van der Waals surface area contributed by atoms with Gasteiger partial charge in [0.1, 0.15) is 0 Å². The number of nitrogens with two attached hydrogens (primary N) is 1. The molecule has 0 aromatic heterocycles. The Bertz CT molecular complexity index is 137. The van der Waals surface area contributed by atoms with Crippen molar-refractivity contribution in [2.24, 2.45) is 5.73 Å². The van der Waals surface area contributed by atoms with Gasteiger partial charge in [0, 0.05) is 19.1 Å². The fraction of sp³-hybridized carbons (Fsp3) is 0.833. The van der Waals surface area contributed by atoms with Crippen molar-refractivity contribution in [1.29, 1.82) is 0 Å². The van der Waals surface area contributed by atoms with Gasteiger partial charge in [-0.25, -0.2) is 4.79 Å². The van der Waals surface area contributed by atoms with E-state index in [0.29, 0.717) is 6.04 Å². The number of likely N-dealkylation sites (N-methyl/N-ethyl adjacent to an activating group) is 1. The molecule has 0 aromatic carbocycles. The topological polar surface area (TPSA) is 58.4 Å². The highest BCUT2D eigenvalue weighted by Gasteiger charge is 2.29. The van der Waals surface area contributed by atoms with Crippen LogP contribution in [0.3, 0.4) is 0 Å². The van der Waals surface area contributed by atoms with Gasteiger partial charge in [-0.05, 0) is 13.5 Å². The first-order chi connectivity index (χ1) is 4.75. The number of amides is 2. The summed E-state index contributed by atoms with van der Waals surface area (Å²) in [5.74, 6) is 0. The van der Waals surface area contributed by atoms with Gasteiger partial charge in [-0.1, -0.05) is 0 Å². The van der Waals surface area contributed by atoms with Gasteiger partial charge in [-0.3, -0.25) is 0 Å². The lowest BCUT2D eigenvalue weighted by Crippen LogP contribution is -2.56. The fourth-order valence-electron chi connectivity index (χ4n) is 1.18. The number of nitrogens with one attached hydrogen (secondary N) is 1. The lowest BCUT2D eigenvalue weighted by molar-refractivity contribution is 0.122. The maximum Gasteiger partial charge on any atom is 0.315 e. The summed E-state index contributed by atoms with van der Waals surface area (Å²) in [5, 5.41) is 3.01. The van der Waals surface area contributed by atoms with Gasteiger partial charge in [0.25, 0.3) is 0 Å². The molecule has 2 amide bonds. The summed E-state index contributed by atoms with van der Waals surface area (Å²) in [6, 6.07) is 0.0361. The minimum absolute atomic E-state index is 0.300. The number of carbonyl (C=O) groups is 1. The first-order valence-corrected chi connectivity index (χ1v) is 3.46.